The average Bonchev–Trinajstić information content (AvgIpc) is 2.71. The third-order valence-corrected chi connectivity index (χ3v) is 2.78. The zero-order valence-electron chi connectivity index (χ0n) is 10.2. The smallest absolute Gasteiger partial charge is 0.434 e. The van der Waals surface area contributed by atoms with Crippen LogP contribution in [0.2, 0.25) is 0 Å². The highest BCUT2D eigenvalue weighted by Crippen LogP contribution is 2.37. The Labute approximate surface area is 114 Å². The number of hydrogen-bond donors (Lipinski definition) is 1. The van der Waals surface area contributed by atoms with Gasteiger partial charge < -0.3 is 10.1 Å². The maximum atomic E-state index is 12.3. The molecule has 116 valence electrons. The molecule has 1 rings (SSSR count). The van der Waals surface area contributed by atoms with Gasteiger partial charge in [-0.05, 0) is 13.0 Å². The number of nitrogens with zero attached hydrogens (tertiary/aromatic N) is 2. The molecule has 0 aliphatic carbocycles. The number of rotatable bonds is 6. The fraction of sp³-hybridized carbons (Fsp3) is 0.778. The van der Waals surface area contributed by atoms with E-state index in [1.165, 1.54) is 0 Å². The van der Waals surface area contributed by atoms with Crippen LogP contribution in [0.15, 0.2) is 0 Å². The molecule has 0 spiro atoms. The van der Waals surface area contributed by atoms with E-state index in [2.05, 4.69) is 20.3 Å². The topological polar surface area (TPSA) is 47.0 Å². The van der Waals surface area contributed by atoms with E-state index in [4.69, 9.17) is 0 Å². The van der Waals surface area contributed by atoms with Crippen molar-refractivity contribution in [3.63, 3.8) is 0 Å². The Morgan fingerprint density at radius 2 is 1.75 bits per heavy atom. The lowest BCUT2D eigenvalue weighted by molar-refractivity contribution is -0.299. The first-order valence-corrected chi connectivity index (χ1v) is 6.29. The summed E-state index contributed by atoms with van der Waals surface area (Å²) in [6.45, 7) is 2.75. The van der Waals surface area contributed by atoms with E-state index < -0.39 is 23.7 Å². The first-order valence-electron chi connectivity index (χ1n) is 5.47. The first-order chi connectivity index (χ1) is 9.14. The molecule has 0 amide bonds. The first kappa shape index (κ1) is 17.0. The molecule has 0 atom stereocenters. The third kappa shape index (κ3) is 5.12. The molecule has 1 N–H and O–H groups in total. The van der Waals surface area contributed by atoms with Gasteiger partial charge in [0.05, 0.1) is 0 Å². The SMILES string of the molecule is CCCNCc1nnc(OC(C(F)(F)F)C(F)(F)F)s1. The molecular formula is C9H11F6N3OS. The van der Waals surface area contributed by atoms with Crippen molar-refractivity contribution in [2.24, 2.45) is 0 Å². The molecule has 0 bridgehead atoms. The second-order valence-electron chi connectivity index (χ2n) is 3.72. The molecule has 1 aromatic heterocycles. The summed E-state index contributed by atoms with van der Waals surface area (Å²) in [5.41, 5.74) is 0. The molecule has 0 saturated carbocycles. The highest BCUT2D eigenvalue weighted by atomic mass is 32.1. The molecule has 0 aromatic carbocycles. The largest absolute Gasteiger partial charge is 0.446 e. The van der Waals surface area contributed by atoms with E-state index in [1.54, 1.807) is 0 Å². The van der Waals surface area contributed by atoms with Gasteiger partial charge in [-0.1, -0.05) is 23.4 Å². The van der Waals surface area contributed by atoms with E-state index >= 15 is 0 Å². The standard InChI is InChI=1S/C9H11F6N3OS/c1-2-3-16-4-5-17-18-7(20-5)19-6(8(10,11)12)9(13,14)15/h6,16H,2-4H2,1H3. The molecular weight excluding hydrogens is 312 g/mol. The lowest BCUT2D eigenvalue weighted by Crippen LogP contribution is -2.46. The van der Waals surface area contributed by atoms with Gasteiger partial charge in [0.1, 0.15) is 5.01 Å². The van der Waals surface area contributed by atoms with Gasteiger partial charge in [0.25, 0.3) is 11.3 Å². The minimum absolute atomic E-state index is 0.206. The van der Waals surface area contributed by atoms with Gasteiger partial charge in [-0.15, -0.1) is 5.10 Å². The normalized spacial score (nSPS) is 13.0. The van der Waals surface area contributed by atoms with E-state index in [9.17, 15) is 26.3 Å². The predicted molar refractivity (Wildman–Crippen MR) is 58.4 cm³/mol. The lowest BCUT2D eigenvalue weighted by atomic mass is 10.3. The molecule has 0 unspecified atom stereocenters. The molecule has 1 heterocycles. The minimum Gasteiger partial charge on any atom is -0.446 e. The molecule has 11 heteroatoms. The molecule has 0 radical (unpaired) electrons. The number of halogens is 6. The van der Waals surface area contributed by atoms with Crippen LogP contribution < -0.4 is 10.1 Å². The van der Waals surface area contributed by atoms with E-state index in [0.29, 0.717) is 17.9 Å². The zero-order chi connectivity index (χ0) is 15.4. The molecule has 0 aliphatic heterocycles. The van der Waals surface area contributed by atoms with Crippen molar-refractivity contribution in [2.45, 2.75) is 38.3 Å². The van der Waals surface area contributed by atoms with Crippen LogP contribution in [-0.2, 0) is 6.54 Å². The molecule has 1 aromatic rings. The maximum absolute atomic E-state index is 12.3. The fourth-order valence-electron chi connectivity index (χ4n) is 1.15. The zero-order valence-corrected chi connectivity index (χ0v) is 11.0. The maximum Gasteiger partial charge on any atom is 0.434 e. The van der Waals surface area contributed by atoms with Crippen molar-refractivity contribution in [1.82, 2.24) is 15.5 Å². The lowest BCUT2D eigenvalue weighted by Gasteiger charge is -2.21. The van der Waals surface area contributed by atoms with Gasteiger partial charge in [-0.2, -0.15) is 26.3 Å². The highest BCUT2D eigenvalue weighted by Gasteiger charge is 2.59. The van der Waals surface area contributed by atoms with Crippen molar-refractivity contribution in [1.29, 1.82) is 0 Å². The Bertz CT molecular complexity index is 405. The highest BCUT2D eigenvalue weighted by molar-refractivity contribution is 7.13. The number of nitrogens with one attached hydrogen (secondary N) is 1. The van der Waals surface area contributed by atoms with Crippen molar-refractivity contribution in [3.8, 4) is 5.19 Å². The summed E-state index contributed by atoms with van der Waals surface area (Å²) in [7, 11) is 0. The van der Waals surface area contributed by atoms with Crippen molar-refractivity contribution in [2.75, 3.05) is 6.54 Å². The minimum atomic E-state index is -5.56. The Hall–Kier alpha value is -1.10. The quantitative estimate of drug-likeness (QED) is 0.646. The van der Waals surface area contributed by atoms with Crippen LogP contribution in [0.3, 0.4) is 0 Å². The molecule has 0 fully saturated rings. The van der Waals surface area contributed by atoms with E-state index in [1.807, 2.05) is 6.92 Å². The molecule has 4 nitrogen and oxygen atoms in total. The van der Waals surface area contributed by atoms with Gasteiger partial charge in [0.15, 0.2) is 0 Å². The van der Waals surface area contributed by atoms with Crippen LogP contribution >= 0.6 is 11.3 Å². The summed E-state index contributed by atoms with van der Waals surface area (Å²) in [5.74, 6) is 0. The van der Waals surface area contributed by atoms with Gasteiger partial charge >= 0.3 is 12.4 Å². The summed E-state index contributed by atoms with van der Waals surface area (Å²) in [4.78, 5) is 0. The van der Waals surface area contributed by atoms with Gasteiger partial charge in [-0.3, -0.25) is 0 Å². The Kier molecular flexibility index (Phi) is 5.57. The molecule has 20 heavy (non-hydrogen) atoms. The fourth-order valence-corrected chi connectivity index (χ4v) is 1.83. The average molecular weight is 323 g/mol. The van der Waals surface area contributed by atoms with Crippen LogP contribution in [0.1, 0.15) is 18.4 Å². The number of alkyl halides is 6. The summed E-state index contributed by atoms with van der Waals surface area (Å²) in [5, 5.41) is 8.99. The third-order valence-electron chi connectivity index (χ3n) is 1.96. The monoisotopic (exact) mass is 323 g/mol. The number of ether oxygens (including phenoxy) is 1. The van der Waals surface area contributed by atoms with Crippen LogP contribution in [0.25, 0.3) is 0 Å². The Balaban J connectivity index is 2.70. The summed E-state index contributed by atoms with van der Waals surface area (Å²) >= 11 is 0.537. The predicted octanol–water partition coefficient (Wildman–Crippen LogP) is 2.91. The summed E-state index contributed by atoms with van der Waals surface area (Å²) in [6, 6.07) is 0. The van der Waals surface area contributed by atoms with E-state index in [0.717, 1.165) is 6.42 Å². The van der Waals surface area contributed by atoms with Crippen molar-refractivity contribution >= 4 is 11.3 Å². The van der Waals surface area contributed by atoms with Crippen molar-refractivity contribution < 1.29 is 31.1 Å². The Morgan fingerprint density at radius 3 is 2.25 bits per heavy atom. The second kappa shape index (κ2) is 6.57. The van der Waals surface area contributed by atoms with Crippen LogP contribution in [-0.4, -0.2) is 35.2 Å². The van der Waals surface area contributed by atoms with Crippen LogP contribution in [0, 0.1) is 0 Å². The van der Waals surface area contributed by atoms with Gasteiger partial charge in [-0.25, -0.2) is 0 Å². The van der Waals surface area contributed by atoms with E-state index in [-0.39, 0.29) is 11.6 Å². The number of aromatic nitrogens is 2. The Morgan fingerprint density at radius 1 is 1.15 bits per heavy atom. The van der Waals surface area contributed by atoms with Crippen molar-refractivity contribution in [3.05, 3.63) is 5.01 Å². The molecule has 0 saturated heterocycles. The second-order valence-corrected chi connectivity index (χ2v) is 4.74. The van der Waals surface area contributed by atoms with Gasteiger partial charge in [0.2, 0.25) is 0 Å². The summed E-state index contributed by atoms with van der Waals surface area (Å²) in [6.07, 6.45) is -14.2. The number of hydrogen-bond acceptors (Lipinski definition) is 5. The van der Waals surface area contributed by atoms with Crippen LogP contribution in [0.4, 0.5) is 26.3 Å². The van der Waals surface area contributed by atoms with Gasteiger partial charge in [0, 0.05) is 6.54 Å². The van der Waals surface area contributed by atoms with Crippen LogP contribution in [0.5, 0.6) is 5.19 Å². The molecule has 0 aliphatic rings. The summed E-state index contributed by atoms with van der Waals surface area (Å²) < 4.78 is 77.4.